The molecule has 1 aliphatic rings. The highest BCUT2D eigenvalue weighted by Crippen LogP contribution is 2.31. The van der Waals surface area contributed by atoms with Gasteiger partial charge >= 0.3 is 0 Å². The van der Waals surface area contributed by atoms with Crippen LogP contribution in [-0.4, -0.2) is 6.29 Å². The van der Waals surface area contributed by atoms with Crippen molar-refractivity contribution in [3.63, 3.8) is 0 Å². The van der Waals surface area contributed by atoms with Crippen molar-refractivity contribution in [1.82, 2.24) is 0 Å². The van der Waals surface area contributed by atoms with Crippen molar-refractivity contribution in [1.29, 1.82) is 0 Å². The fourth-order valence-electron chi connectivity index (χ4n) is 2.31. The van der Waals surface area contributed by atoms with E-state index in [4.69, 9.17) is 0 Å². The zero-order valence-electron chi connectivity index (χ0n) is 8.87. The summed E-state index contributed by atoms with van der Waals surface area (Å²) in [6.45, 7) is 2.03. The Kier molecular flexibility index (Phi) is 3.25. The summed E-state index contributed by atoms with van der Waals surface area (Å²) >= 11 is 3.49. The van der Waals surface area contributed by atoms with Crippen LogP contribution in [0.2, 0.25) is 0 Å². The Hall–Kier alpha value is -0.630. The summed E-state index contributed by atoms with van der Waals surface area (Å²) in [4.78, 5) is 10.8. The topological polar surface area (TPSA) is 17.1 Å². The fourth-order valence-corrected chi connectivity index (χ4v) is 2.72. The molecule has 0 saturated carbocycles. The molecule has 0 amide bonds. The number of aldehydes is 1. The van der Waals surface area contributed by atoms with Crippen LogP contribution in [0.3, 0.4) is 0 Å². The van der Waals surface area contributed by atoms with E-state index in [2.05, 4.69) is 34.1 Å². The minimum Gasteiger partial charge on any atom is -0.303 e. The Bertz CT molecular complexity index is 373. The van der Waals surface area contributed by atoms with Crippen LogP contribution >= 0.6 is 15.9 Å². The van der Waals surface area contributed by atoms with Gasteiger partial charge in [0.15, 0.2) is 0 Å². The largest absolute Gasteiger partial charge is 0.303 e. The summed E-state index contributed by atoms with van der Waals surface area (Å²) in [7, 11) is 0. The first-order chi connectivity index (χ1) is 7.20. The molecular formula is C13H15BrO. The molecule has 2 unspecified atom stereocenters. The first-order valence-corrected chi connectivity index (χ1v) is 6.22. The molecule has 0 radical (unpaired) electrons. The zero-order chi connectivity index (χ0) is 10.8. The van der Waals surface area contributed by atoms with Crippen molar-refractivity contribution in [3.8, 4) is 0 Å². The zero-order valence-corrected chi connectivity index (χ0v) is 10.5. The Balaban J connectivity index is 2.20. The third-order valence-electron chi connectivity index (χ3n) is 3.39. The van der Waals surface area contributed by atoms with E-state index in [-0.39, 0.29) is 5.92 Å². The summed E-state index contributed by atoms with van der Waals surface area (Å²) in [6, 6.07) is 6.48. The Morgan fingerprint density at radius 1 is 1.47 bits per heavy atom. The lowest BCUT2D eigenvalue weighted by Crippen LogP contribution is -2.21. The minimum absolute atomic E-state index is 0.196. The second-order valence-electron chi connectivity index (χ2n) is 4.41. The molecule has 0 saturated heterocycles. The van der Waals surface area contributed by atoms with Crippen LogP contribution in [0.5, 0.6) is 0 Å². The Morgan fingerprint density at radius 2 is 2.27 bits per heavy atom. The van der Waals surface area contributed by atoms with Gasteiger partial charge in [-0.25, -0.2) is 0 Å². The van der Waals surface area contributed by atoms with E-state index in [1.807, 2.05) is 6.92 Å². The highest BCUT2D eigenvalue weighted by molar-refractivity contribution is 9.10. The van der Waals surface area contributed by atoms with Gasteiger partial charge in [-0.3, -0.25) is 0 Å². The van der Waals surface area contributed by atoms with Crippen molar-refractivity contribution in [2.24, 2.45) is 11.8 Å². The van der Waals surface area contributed by atoms with Gasteiger partial charge < -0.3 is 4.79 Å². The first-order valence-electron chi connectivity index (χ1n) is 5.43. The standard InChI is InChI=1S/C13H15BrO/c1-9(8-15)10-2-3-12-7-13(14)5-4-11(12)6-10/h4-5,7-10H,2-3,6H2,1H3. The van der Waals surface area contributed by atoms with Crippen molar-refractivity contribution < 1.29 is 4.79 Å². The maximum absolute atomic E-state index is 10.8. The number of benzene rings is 1. The SMILES string of the molecule is CC(C=O)C1CCc2cc(Br)ccc2C1. The third kappa shape index (κ3) is 2.31. The smallest absolute Gasteiger partial charge is 0.123 e. The Labute approximate surface area is 99.0 Å². The maximum Gasteiger partial charge on any atom is 0.123 e. The van der Waals surface area contributed by atoms with Gasteiger partial charge in [0.1, 0.15) is 6.29 Å². The molecule has 1 aliphatic carbocycles. The van der Waals surface area contributed by atoms with Crippen LogP contribution in [0.4, 0.5) is 0 Å². The molecule has 0 aliphatic heterocycles. The second kappa shape index (κ2) is 4.48. The molecule has 15 heavy (non-hydrogen) atoms. The van der Waals surface area contributed by atoms with Crippen LogP contribution in [0, 0.1) is 11.8 Å². The molecule has 0 N–H and O–H groups in total. The molecule has 1 nitrogen and oxygen atoms in total. The van der Waals surface area contributed by atoms with Crippen LogP contribution in [0.15, 0.2) is 22.7 Å². The van der Waals surface area contributed by atoms with E-state index in [9.17, 15) is 4.79 Å². The van der Waals surface area contributed by atoms with Crippen LogP contribution in [0.1, 0.15) is 24.5 Å². The van der Waals surface area contributed by atoms with Crippen LogP contribution < -0.4 is 0 Å². The summed E-state index contributed by atoms with van der Waals surface area (Å²) in [6.07, 6.45) is 4.40. The number of hydrogen-bond donors (Lipinski definition) is 0. The predicted molar refractivity (Wildman–Crippen MR) is 64.9 cm³/mol. The fraction of sp³-hybridized carbons (Fsp3) is 0.462. The molecule has 1 aromatic rings. The average molecular weight is 267 g/mol. The Morgan fingerprint density at radius 3 is 3.00 bits per heavy atom. The van der Waals surface area contributed by atoms with Gasteiger partial charge in [-0.05, 0) is 48.4 Å². The molecule has 80 valence electrons. The molecular weight excluding hydrogens is 252 g/mol. The van der Waals surface area contributed by atoms with Crippen LogP contribution in [-0.2, 0) is 17.6 Å². The third-order valence-corrected chi connectivity index (χ3v) is 3.89. The quantitative estimate of drug-likeness (QED) is 0.751. The second-order valence-corrected chi connectivity index (χ2v) is 5.33. The molecule has 0 aromatic heterocycles. The molecule has 0 bridgehead atoms. The van der Waals surface area contributed by atoms with E-state index >= 15 is 0 Å². The van der Waals surface area contributed by atoms with Gasteiger partial charge in [0.2, 0.25) is 0 Å². The summed E-state index contributed by atoms with van der Waals surface area (Å²) in [5.74, 6) is 0.734. The lowest BCUT2D eigenvalue weighted by Gasteiger charge is -2.26. The van der Waals surface area contributed by atoms with Gasteiger partial charge in [-0.15, -0.1) is 0 Å². The number of carbonyl (C=O) groups excluding carboxylic acids is 1. The van der Waals surface area contributed by atoms with Crippen molar-refractivity contribution in [2.45, 2.75) is 26.2 Å². The molecule has 2 atom stereocenters. The maximum atomic E-state index is 10.8. The van der Waals surface area contributed by atoms with Crippen molar-refractivity contribution in [2.75, 3.05) is 0 Å². The lowest BCUT2D eigenvalue weighted by molar-refractivity contribution is -0.112. The molecule has 0 spiro atoms. The van der Waals surface area contributed by atoms with Crippen molar-refractivity contribution >= 4 is 22.2 Å². The molecule has 1 aromatic carbocycles. The van der Waals surface area contributed by atoms with E-state index in [1.54, 1.807) is 0 Å². The molecule has 0 fully saturated rings. The predicted octanol–water partition coefficient (Wildman–Crippen LogP) is 3.39. The normalized spacial score (nSPS) is 21.9. The highest BCUT2D eigenvalue weighted by atomic mass is 79.9. The average Bonchev–Trinajstić information content (AvgIpc) is 2.27. The van der Waals surface area contributed by atoms with E-state index < -0.39 is 0 Å². The highest BCUT2D eigenvalue weighted by Gasteiger charge is 2.22. The monoisotopic (exact) mass is 266 g/mol. The molecule has 0 heterocycles. The van der Waals surface area contributed by atoms with Gasteiger partial charge in [0.05, 0.1) is 0 Å². The number of halogens is 1. The van der Waals surface area contributed by atoms with E-state index in [0.29, 0.717) is 5.92 Å². The van der Waals surface area contributed by atoms with Gasteiger partial charge in [-0.2, -0.15) is 0 Å². The number of aryl methyl sites for hydroxylation is 1. The first kappa shape index (κ1) is 10.9. The lowest BCUT2D eigenvalue weighted by atomic mass is 9.78. The minimum atomic E-state index is 0.196. The van der Waals surface area contributed by atoms with E-state index in [0.717, 1.165) is 30.0 Å². The van der Waals surface area contributed by atoms with Crippen LogP contribution in [0.25, 0.3) is 0 Å². The summed E-state index contributed by atoms with van der Waals surface area (Å²) in [5, 5.41) is 0. The number of hydrogen-bond acceptors (Lipinski definition) is 1. The summed E-state index contributed by atoms with van der Waals surface area (Å²) in [5.41, 5.74) is 2.86. The van der Waals surface area contributed by atoms with Crippen molar-refractivity contribution in [3.05, 3.63) is 33.8 Å². The van der Waals surface area contributed by atoms with Gasteiger partial charge in [-0.1, -0.05) is 28.9 Å². The van der Waals surface area contributed by atoms with Gasteiger partial charge in [0.25, 0.3) is 0 Å². The molecule has 2 heteroatoms. The number of rotatable bonds is 2. The number of fused-ring (bicyclic) bond motifs is 1. The summed E-state index contributed by atoms with van der Waals surface area (Å²) < 4.78 is 1.16. The van der Waals surface area contributed by atoms with E-state index in [1.165, 1.54) is 11.1 Å². The van der Waals surface area contributed by atoms with Gasteiger partial charge in [0, 0.05) is 10.4 Å². The molecule has 2 rings (SSSR count). The number of carbonyl (C=O) groups is 1.